The molecule has 226 valence electrons. The molecule has 0 bridgehead atoms. The molecule has 16 nitrogen and oxygen atoms in total. The van der Waals surface area contributed by atoms with Gasteiger partial charge in [-0.2, -0.15) is 0 Å². The number of rotatable bonds is 10. The average Bonchev–Trinajstić information content (AvgIpc) is 2.82. The number of esters is 6. The monoisotopic (exact) mass is 578 g/mol. The topological polar surface area (TPSA) is 206 Å². The summed E-state index contributed by atoms with van der Waals surface area (Å²) in [6, 6.07) is 0. The molecule has 0 saturated carbocycles. The Labute approximate surface area is 229 Å². The first kappa shape index (κ1) is 32.9. The van der Waals surface area contributed by atoms with Crippen LogP contribution in [0.2, 0.25) is 0 Å². The minimum Gasteiger partial charge on any atom is -0.463 e. The molecule has 0 spiro atoms. The van der Waals surface area contributed by atoms with Crippen LogP contribution >= 0.6 is 0 Å². The third-order valence-corrected chi connectivity index (χ3v) is 5.54. The zero-order valence-corrected chi connectivity index (χ0v) is 22.9. The van der Waals surface area contributed by atoms with Gasteiger partial charge in [-0.1, -0.05) is 0 Å². The van der Waals surface area contributed by atoms with E-state index in [4.69, 9.17) is 42.6 Å². The second-order valence-electron chi connectivity index (χ2n) is 8.98. The summed E-state index contributed by atoms with van der Waals surface area (Å²) in [6.07, 6.45) is -12.8. The molecule has 0 aromatic carbocycles. The lowest BCUT2D eigenvalue weighted by atomic mass is 9.96. The first-order valence-electron chi connectivity index (χ1n) is 12.3. The van der Waals surface area contributed by atoms with E-state index in [0.717, 1.165) is 41.5 Å². The van der Waals surface area contributed by atoms with Gasteiger partial charge in [-0.05, 0) is 0 Å². The predicted octanol–water partition coefficient (Wildman–Crippen LogP) is -1.29. The van der Waals surface area contributed by atoms with Crippen LogP contribution in [-0.2, 0) is 71.4 Å². The SMILES string of the molecule is CC(=O)OCC1O[C@@H](O[C@@H]2C(COC(C)=O)OC[C@H](O)C2OC(C)=O)C(OC(C)=O)C(OC(C)=O)[C@@H]1OC(C)=O. The number of hydrogen-bond acceptors (Lipinski definition) is 16. The van der Waals surface area contributed by atoms with Crippen LogP contribution in [0.15, 0.2) is 0 Å². The second kappa shape index (κ2) is 14.9. The van der Waals surface area contributed by atoms with Crippen molar-refractivity contribution >= 4 is 35.8 Å². The van der Waals surface area contributed by atoms with Crippen LogP contribution in [0.3, 0.4) is 0 Å². The lowest BCUT2D eigenvalue weighted by molar-refractivity contribution is -0.339. The Bertz CT molecular complexity index is 949. The average molecular weight is 579 g/mol. The van der Waals surface area contributed by atoms with Gasteiger partial charge in [0.2, 0.25) is 0 Å². The highest BCUT2D eigenvalue weighted by molar-refractivity contribution is 5.69. The maximum atomic E-state index is 12.1. The summed E-state index contributed by atoms with van der Waals surface area (Å²) in [7, 11) is 0. The van der Waals surface area contributed by atoms with Gasteiger partial charge in [0.05, 0.1) is 6.61 Å². The van der Waals surface area contributed by atoms with Crippen LogP contribution in [0.5, 0.6) is 0 Å². The van der Waals surface area contributed by atoms with Gasteiger partial charge in [0.25, 0.3) is 0 Å². The standard InChI is InChI=1S/C24H34O16/c1-10(25)32-8-17-20(19(35-12(3)27)16(31)7-34-17)40-24-23(38-15(6)30)22(37-14(5)29)21(36-13(4)28)18(39-24)9-33-11(2)26/h16-24,31H,7-9H2,1-6H3/t16-,17?,18?,19?,20+,21+,22?,23?,24-/m0/s1. The molecule has 0 amide bonds. The lowest BCUT2D eigenvalue weighted by Crippen LogP contribution is -2.65. The summed E-state index contributed by atoms with van der Waals surface area (Å²) in [5.41, 5.74) is 0. The maximum Gasteiger partial charge on any atom is 0.303 e. The summed E-state index contributed by atoms with van der Waals surface area (Å²) >= 11 is 0. The van der Waals surface area contributed by atoms with Crippen molar-refractivity contribution in [1.82, 2.24) is 0 Å². The zero-order chi connectivity index (χ0) is 30.1. The fraction of sp³-hybridized carbons (Fsp3) is 0.750. The molecule has 2 aliphatic heterocycles. The molecular weight excluding hydrogens is 544 g/mol. The molecule has 40 heavy (non-hydrogen) atoms. The Morgan fingerprint density at radius 2 is 1.05 bits per heavy atom. The fourth-order valence-electron chi connectivity index (χ4n) is 4.14. The van der Waals surface area contributed by atoms with Gasteiger partial charge < -0.3 is 47.7 Å². The molecule has 0 radical (unpaired) electrons. The first-order valence-corrected chi connectivity index (χ1v) is 12.3. The van der Waals surface area contributed by atoms with Crippen molar-refractivity contribution in [3.05, 3.63) is 0 Å². The van der Waals surface area contributed by atoms with E-state index < -0.39 is 104 Å². The largest absolute Gasteiger partial charge is 0.463 e. The molecule has 2 aliphatic rings. The third-order valence-electron chi connectivity index (χ3n) is 5.54. The smallest absolute Gasteiger partial charge is 0.303 e. The number of carbonyl (C=O) groups excluding carboxylic acids is 6. The second-order valence-corrected chi connectivity index (χ2v) is 8.98. The maximum absolute atomic E-state index is 12.1. The molecule has 0 aromatic rings. The van der Waals surface area contributed by atoms with Crippen molar-refractivity contribution in [3.63, 3.8) is 0 Å². The molecule has 2 heterocycles. The quantitative estimate of drug-likeness (QED) is 0.236. The minimum absolute atomic E-state index is 0.317. The van der Waals surface area contributed by atoms with E-state index in [1.54, 1.807) is 0 Å². The molecule has 16 heteroatoms. The van der Waals surface area contributed by atoms with Gasteiger partial charge >= 0.3 is 35.8 Å². The van der Waals surface area contributed by atoms with Gasteiger partial charge in [0.1, 0.15) is 37.6 Å². The Hall–Kier alpha value is -3.34. The van der Waals surface area contributed by atoms with Gasteiger partial charge in [0.15, 0.2) is 30.7 Å². The molecule has 2 rings (SSSR count). The normalized spacial score (nSPS) is 31.7. The molecule has 9 atom stereocenters. The number of ether oxygens (including phenoxy) is 9. The van der Waals surface area contributed by atoms with Crippen molar-refractivity contribution in [2.24, 2.45) is 0 Å². The minimum atomic E-state index is -1.67. The van der Waals surface area contributed by atoms with Crippen LogP contribution in [-0.4, -0.2) is 116 Å². The van der Waals surface area contributed by atoms with E-state index >= 15 is 0 Å². The van der Waals surface area contributed by atoms with Crippen molar-refractivity contribution in [3.8, 4) is 0 Å². The van der Waals surface area contributed by atoms with Crippen LogP contribution in [0, 0.1) is 0 Å². The number of hydrogen-bond donors (Lipinski definition) is 1. The molecule has 0 aromatic heterocycles. The van der Waals surface area contributed by atoms with Crippen LogP contribution in [0.25, 0.3) is 0 Å². The predicted molar refractivity (Wildman–Crippen MR) is 125 cm³/mol. The molecule has 2 fully saturated rings. The Kier molecular flexibility index (Phi) is 12.2. The van der Waals surface area contributed by atoms with E-state index in [2.05, 4.69) is 0 Å². The fourth-order valence-corrected chi connectivity index (χ4v) is 4.14. The van der Waals surface area contributed by atoms with Crippen LogP contribution in [0.1, 0.15) is 41.5 Å². The number of aliphatic hydroxyl groups excluding tert-OH is 1. The molecular formula is C24H34O16. The molecule has 2 saturated heterocycles. The van der Waals surface area contributed by atoms with Gasteiger partial charge in [-0.15, -0.1) is 0 Å². The first-order chi connectivity index (χ1) is 18.7. The van der Waals surface area contributed by atoms with Crippen LogP contribution < -0.4 is 0 Å². The van der Waals surface area contributed by atoms with E-state index in [9.17, 15) is 33.9 Å². The highest BCUT2D eigenvalue weighted by Crippen LogP contribution is 2.33. The lowest BCUT2D eigenvalue weighted by Gasteiger charge is -2.47. The Balaban J connectivity index is 2.55. The highest BCUT2D eigenvalue weighted by Gasteiger charge is 2.55. The summed E-state index contributed by atoms with van der Waals surface area (Å²) < 4.78 is 48.9. The van der Waals surface area contributed by atoms with Crippen molar-refractivity contribution in [2.75, 3.05) is 19.8 Å². The van der Waals surface area contributed by atoms with Crippen molar-refractivity contribution < 1.29 is 76.5 Å². The summed E-state index contributed by atoms with van der Waals surface area (Å²) in [5, 5.41) is 10.5. The van der Waals surface area contributed by atoms with Gasteiger partial charge in [-0.25, -0.2) is 0 Å². The van der Waals surface area contributed by atoms with Gasteiger partial charge in [-0.3, -0.25) is 28.8 Å². The number of aliphatic hydroxyl groups is 1. The molecule has 5 unspecified atom stereocenters. The van der Waals surface area contributed by atoms with E-state index in [0.29, 0.717) is 0 Å². The van der Waals surface area contributed by atoms with Crippen molar-refractivity contribution in [1.29, 1.82) is 0 Å². The third kappa shape index (κ3) is 9.69. The Morgan fingerprint density at radius 3 is 1.55 bits per heavy atom. The van der Waals surface area contributed by atoms with Gasteiger partial charge in [0, 0.05) is 41.5 Å². The van der Waals surface area contributed by atoms with Crippen LogP contribution in [0.4, 0.5) is 0 Å². The highest BCUT2D eigenvalue weighted by atomic mass is 16.8. The van der Waals surface area contributed by atoms with E-state index in [1.807, 2.05) is 0 Å². The van der Waals surface area contributed by atoms with E-state index in [-0.39, 0.29) is 6.61 Å². The summed E-state index contributed by atoms with van der Waals surface area (Å²) in [4.78, 5) is 70.8. The Morgan fingerprint density at radius 1 is 0.600 bits per heavy atom. The summed E-state index contributed by atoms with van der Waals surface area (Å²) in [5.74, 6) is -4.70. The molecule has 0 aliphatic carbocycles. The van der Waals surface area contributed by atoms with Crippen molar-refractivity contribution in [2.45, 2.75) is 96.7 Å². The van der Waals surface area contributed by atoms with E-state index in [1.165, 1.54) is 0 Å². The number of carbonyl (C=O) groups is 6. The molecule has 1 N–H and O–H groups in total. The zero-order valence-electron chi connectivity index (χ0n) is 22.9. The summed E-state index contributed by atoms with van der Waals surface area (Å²) in [6.45, 7) is 5.31.